The minimum Gasteiger partial charge on any atom is -0.207 e. The van der Waals surface area contributed by atoms with Crippen LogP contribution in [-0.2, 0) is 10.0 Å². The number of hydrogen-bond donors (Lipinski definition) is 1. The second kappa shape index (κ2) is 6.36. The van der Waals surface area contributed by atoms with Crippen molar-refractivity contribution in [1.82, 2.24) is 4.72 Å². The lowest BCUT2D eigenvalue weighted by Crippen LogP contribution is -2.27. The number of nitrogens with one attached hydrogen (secondary N) is 1. The fourth-order valence-electron chi connectivity index (χ4n) is 1.95. The van der Waals surface area contributed by atoms with E-state index in [4.69, 9.17) is 23.2 Å². The zero-order valence-corrected chi connectivity index (χ0v) is 13.9. The predicted molar refractivity (Wildman–Crippen MR) is 86.4 cm³/mol. The van der Waals surface area contributed by atoms with E-state index >= 15 is 0 Å². The molecule has 21 heavy (non-hydrogen) atoms. The Morgan fingerprint density at radius 3 is 2.29 bits per heavy atom. The Labute approximate surface area is 135 Å². The molecule has 1 N–H and O–H groups in total. The Kier molecular flexibility index (Phi) is 4.94. The third kappa shape index (κ3) is 3.58. The van der Waals surface area contributed by atoms with Gasteiger partial charge >= 0.3 is 0 Å². The molecule has 0 fully saturated rings. The molecule has 0 spiro atoms. The van der Waals surface area contributed by atoms with E-state index in [1.165, 1.54) is 12.1 Å². The van der Waals surface area contributed by atoms with Gasteiger partial charge in [0, 0.05) is 11.1 Å². The standard InChI is InChI=1S/C15H15Cl2NO2S/c1-10-13(16)8-9-14(15(10)17)21(19,20)18-11(2)12-6-4-3-5-7-12/h3-9,11,18H,1-2H3. The summed E-state index contributed by atoms with van der Waals surface area (Å²) in [6.07, 6.45) is 0. The minimum atomic E-state index is -3.72. The van der Waals surface area contributed by atoms with Crippen LogP contribution in [0.5, 0.6) is 0 Å². The van der Waals surface area contributed by atoms with Gasteiger partial charge < -0.3 is 0 Å². The van der Waals surface area contributed by atoms with Gasteiger partial charge in [0.05, 0.1) is 5.02 Å². The van der Waals surface area contributed by atoms with Gasteiger partial charge in [-0.25, -0.2) is 13.1 Å². The van der Waals surface area contributed by atoms with E-state index in [9.17, 15) is 8.42 Å². The van der Waals surface area contributed by atoms with E-state index in [-0.39, 0.29) is 16.0 Å². The first-order chi connectivity index (χ1) is 9.83. The smallest absolute Gasteiger partial charge is 0.207 e. The molecule has 0 radical (unpaired) electrons. The molecule has 1 unspecified atom stereocenters. The van der Waals surface area contributed by atoms with Gasteiger partial charge in [-0.15, -0.1) is 0 Å². The van der Waals surface area contributed by atoms with Gasteiger partial charge in [-0.2, -0.15) is 0 Å². The van der Waals surface area contributed by atoms with Crippen molar-refractivity contribution in [1.29, 1.82) is 0 Å². The van der Waals surface area contributed by atoms with Gasteiger partial charge in [0.25, 0.3) is 0 Å². The van der Waals surface area contributed by atoms with E-state index < -0.39 is 10.0 Å². The van der Waals surface area contributed by atoms with E-state index in [1.54, 1.807) is 13.8 Å². The third-order valence-corrected chi connectivity index (χ3v) is 5.80. The Morgan fingerprint density at radius 1 is 1.05 bits per heavy atom. The lowest BCUT2D eigenvalue weighted by atomic mass is 10.1. The molecule has 0 bridgehead atoms. The quantitative estimate of drug-likeness (QED) is 0.897. The lowest BCUT2D eigenvalue weighted by molar-refractivity contribution is 0.567. The van der Waals surface area contributed by atoms with Gasteiger partial charge in [-0.3, -0.25) is 0 Å². The molecule has 6 heteroatoms. The van der Waals surface area contributed by atoms with Crippen molar-refractivity contribution in [2.75, 3.05) is 0 Å². The summed E-state index contributed by atoms with van der Waals surface area (Å²) in [5, 5.41) is 0.588. The van der Waals surface area contributed by atoms with Crippen molar-refractivity contribution in [3.05, 3.63) is 63.6 Å². The molecule has 0 heterocycles. The van der Waals surface area contributed by atoms with Crippen LogP contribution in [0, 0.1) is 6.92 Å². The van der Waals surface area contributed by atoms with Gasteiger partial charge in [0.2, 0.25) is 10.0 Å². The van der Waals surface area contributed by atoms with Crippen LogP contribution in [0.1, 0.15) is 24.1 Å². The summed E-state index contributed by atoms with van der Waals surface area (Å²) >= 11 is 12.0. The number of rotatable bonds is 4. The van der Waals surface area contributed by atoms with E-state index in [0.29, 0.717) is 10.6 Å². The highest BCUT2D eigenvalue weighted by Crippen LogP contribution is 2.30. The zero-order chi connectivity index (χ0) is 15.6. The second-order valence-corrected chi connectivity index (χ2v) is 7.21. The van der Waals surface area contributed by atoms with E-state index in [0.717, 1.165) is 5.56 Å². The Balaban J connectivity index is 2.33. The molecule has 2 aromatic rings. The number of sulfonamides is 1. The summed E-state index contributed by atoms with van der Waals surface area (Å²) in [6, 6.07) is 11.9. The maximum atomic E-state index is 12.5. The van der Waals surface area contributed by atoms with E-state index in [1.807, 2.05) is 30.3 Å². The van der Waals surface area contributed by atoms with Gasteiger partial charge in [-0.05, 0) is 37.1 Å². The van der Waals surface area contributed by atoms with Crippen LogP contribution in [0.3, 0.4) is 0 Å². The van der Waals surface area contributed by atoms with Gasteiger partial charge in [-0.1, -0.05) is 53.5 Å². The Bertz CT molecular complexity index is 746. The Morgan fingerprint density at radius 2 is 1.67 bits per heavy atom. The monoisotopic (exact) mass is 343 g/mol. The molecule has 2 rings (SSSR count). The summed E-state index contributed by atoms with van der Waals surface area (Å²) in [6.45, 7) is 3.47. The van der Waals surface area contributed by atoms with Crippen molar-refractivity contribution in [3.63, 3.8) is 0 Å². The van der Waals surface area contributed by atoms with Crippen LogP contribution >= 0.6 is 23.2 Å². The molecule has 1 atom stereocenters. The SMILES string of the molecule is Cc1c(Cl)ccc(S(=O)(=O)NC(C)c2ccccc2)c1Cl. The second-order valence-electron chi connectivity index (χ2n) is 4.74. The number of halogens is 2. The molecule has 0 amide bonds. The number of benzene rings is 2. The van der Waals surface area contributed by atoms with Crippen LogP contribution in [-0.4, -0.2) is 8.42 Å². The molecule has 0 aliphatic heterocycles. The van der Waals surface area contributed by atoms with Crippen molar-refractivity contribution < 1.29 is 8.42 Å². The normalized spacial score (nSPS) is 13.1. The van der Waals surface area contributed by atoms with Crippen molar-refractivity contribution in [3.8, 4) is 0 Å². The number of hydrogen-bond acceptors (Lipinski definition) is 2. The summed E-state index contributed by atoms with van der Waals surface area (Å²) in [5.41, 5.74) is 1.43. The van der Waals surface area contributed by atoms with Gasteiger partial charge in [0.1, 0.15) is 4.90 Å². The maximum absolute atomic E-state index is 12.5. The van der Waals surface area contributed by atoms with E-state index in [2.05, 4.69) is 4.72 Å². The molecule has 0 aliphatic rings. The summed E-state index contributed by atoms with van der Waals surface area (Å²) in [4.78, 5) is 0.0360. The van der Waals surface area contributed by atoms with Crippen LogP contribution < -0.4 is 4.72 Å². The fraction of sp³-hybridized carbons (Fsp3) is 0.200. The average molecular weight is 344 g/mol. The van der Waals surface area contributed by atoms with Crippen LogP contribution in [0.15, 0.2) is 47.4 Å². The largest absolute Gasteiger partial charge is 0.242 e. The highest BCUT2D eigenvalue weighted by Gasteiger charge is 2.22. The van der Waals surface area contributed by atoms with Crippen molar-refractivity contribution in [2.45, 2.75) is 24.8 Å². The summed E-state index contributed by atoms with van der Waals surface area (Å²) in [7, 11) is -3.72. The van der Waals surface area contributed by atoms with Crippen LogP contribution in [0.4, 0.5) is 0 Å². The predicted octanol–water partition coefficient (Wildman–Crippen LogP) is 4.34. The molecule has 0 saturated carbocycles. The first-order valence-electron chi connectivity index (χ1n) is 6.35. The maximum Gasteiger partial charge on any atom is 0.242 e. The molecule has 3 nitrogen and oxygen atoms in total. The summed E-state index contributed by atoms with van der Waals surface area (Å²) in [5.74, 6) is 0. The molecule has 112 valence electrons. The molecule has 0 aromatic heterocycles. The lowest BCUT2D eigenvalue weighted by Gasteiger charge is -2.16. The van der Waals surface area contributed by atoms with Crippen molar-refractivity contribution in [2.24, 2.45) is 0 Å². The highest BCUT2D eigenvalue weighted by atomic mass is 35.5. The first kappa shape index (κ1) is 16.3. The average Bonchev–Trinajstić information content (AvgIpc) is 2.45. The first-order valence-corrected chi connectivity index (χ1v) is 8.58. The van der Waals surface area contributed by atoms with Crippen LogP contribution in [0.25, 0.3) is 0 Å². The minimum absolute atomic E-state index is 0.0360. The molecule has 2 aromatic carbocycles. The highest BCUT2D eigenvalue weighted by molar-refractivity contribution is 7.89. The van der Waals surface area contributed by atoms with Crippen LogP contribution in [0.2, 0.25) is 10.0 Å². The zero-order valence-electron chi connectivity index (χ0n) is 11.6. The molecular formula is C15H15Cl2NO2S. The third-order valence-electron chi connectivity index (χ3n) is 3.21. The molecule has 0 aliphatic carbocycles. The topological polar surface area (TPSA) is 46.2 Å². The van der Waals surface area contributed by atoms with Crippen molar-refractivity contribution >= 4 is 33.2 Å². The Hall–Kier alpha value is -1.07. The molecule has 0 saturated heterocycles. The summed E-state index contributed by atoms with van der Waals surface area (Å²) < 4.78 is 27.5. The van der Waals surface area contributed by atoms with Gasteiger partial charge in [0.15, 0.2) is 0 Å². The fourth-order valence-corrected chi connectivity index (χ4v) is 3.99. The molecular weight excluding hydrogens is 329 g/mol.